The lowest BCUT2D eigenvalue weighted by molar-refractivity contribution is 0.136. The van der Waals surface area contributed by atoms with Crippen LogP contribution in [0.4, 0.5) is 0 Å². The van der Waals surface area contributed by atoms with Crippen molar-refractivity contribution in [1.82, 2.24) is 4.90 Å². The second kappa shape index (κ2) is 6.24. The maximum absolute atomic E-state index is 3.55. The monoisotopic (exact) mass is 273 g/mol. The molecule has 15 heavy (non-hydrogen) atoms. The van der Waals surface area contributed by atoms with Crippen molar-refractivity contribution in [3.63, 3.8) is 0 Å². The molecule has 2 heteroatoms. The topological polar surface area (TPSA) is 3.24 Å². The van der Waals surface area contributed by atoms with E-state index in [4.69, 9.17) is 0 Å². The van der Waals surface area contributed by atoms with Crippen molar-refractivity contribution in [2.24, 2.45) is 0 Å². The first-order valence-electron chi connectivity index (χ1n) is 6.73. The summed E-state index contributed by atoms with van der Waals surface area (Å²) in [5.74, 6) is 0. The molecule has 1 atom stereocenters. The molecule has 0 amide bonds. The highest BCUT2D eigenvalue weighted by atomic mass is 79.9. The van der Waals surface area contributed by atoms with Gasteiger partial charge in [-0.05, 0) is 45.1 Å². The summed E-state index contributed by atoms with van der Waals surface area (Å²) in [6.07, 6.45) is 13.1. The van der Waals surface area contributed by atoms with E-state index in [1.165, 1.54) is 69.7 Å². The summed E-state index contributed by atoms with van der Waals surface area (Å²) < 4.78 is 0. The Morgan fingerprint density at radius 3 is 2.53 bits per heavy atom. The number of likely N-dealkylation sites (tertiary alicyclic amines) is 1. The van der Waals surface area contributed by atoms with Gasteiger partial charge in [0.25, 0.3) is 0 Å². The van der Waals surface area contributed by atoms with Crippen LogP contribution in [0.2, 0.25) is 0 Å². The van der Waals surface area contributed by atoms with Gasteiger partial charge in [0.2, 0.25) is 0 Å². The number of hydrogen-bond donors (Lipinski definition) is 0. The number of rotatable bonds is 4. The van der Waals surface area contributed by atoms with E-state index in [1.807, 2.05) is 0 Å². The molecule has 88 valence electrons. The molecule has 0 aromatic heterocycles. The molecule has 2 aliphatic rings. The molecule has 1 saturated heterocycles. The lowest BCUT2D eigenvalue weighted by Crippen LogP contribution is -2.40. The normalized spacial score (nSPS) is 29.8. The predicted molar refractivity (Wildman–Crippen MR) is 69.6 cm³/mol. The summed E-state index contributed by atoms with van der Waals surface area (Å²) >= 11 is 3.55. The Hall–Kier alpha value is 0.440. The Morgan fingerprint density at radius 1 is 1.00 bits per heavy atom. The van der Waals surface area contributed by atoms with Gasteiger partial charge in [-0.25, -0.2) is 0 Å². The summed E-state index contributed by atoms with van der Waals surface area (Å²) in [6.45, 7) is 1.39. The van der Waals surface area contributed by atoms with Crippen LogP contribution in [0, 0.1) is 0 Å². The predicted octanol–water partition coefficient (Wildman–Crippen LogP) is 3.96. The fourth-order valence-electron chi connectivity index (χ4n) is 3.37. The zero-order valence-corrected chi connectivity index (χ0v) is 11.3. The maximum Gasteiger partial charge on any atom is 0.00989 e. The highest BCUT2D eigenvalue weighted by Gasteiger charge is 2.30. The van der Waals surface area contributed by atoms with Crippen molar-refractivity contribution in [2.45, 2.75) is 69.9 Å². The quantitative estimate of drug-likeness (QED) is 0.701. The number of alkyl halides is 1. The number of halogens is 1. The molecule has 1 unspecified atom stereocenters. The first kappa shape index (κ1) is 11.9. The summed E-state index contributed by atoms with van der Waals surface area (Å²) in [7, 11) is 0. The van der Waals surface area contributed by atoms with Crippen molar-refractivity contribution in [1.29, 1.82) is 0 Å². The minimum Gasteiger partial charge on any atom is -0.297 e. The summed E-state index contributed by atoms with van der Waals surface area (Å²) in [5.41, 5.74) is 0. The summed E-state index contributed by atoms with van der Waals surface area (Å²) in [6, 6.07) is 1.87. The van der Waals surface area contributed by atoms with Gasteiger partial charge in [0.15, 0.2) is 0 Å². The Morgan fingerprint density at radius 2 is 1.80 bits per heavy atom. The van der Waals surface area contributed by atoms with E-state index < -0.39 is 0 Å². The highest BCUT2D eigenvalue weighted by molar-refractivity contribution is 9.09. The minimum absolute atomic E-state index is 0.922. The molecule has 0 spiro atoms. The first-order chi connectivity index (χ1) is 7.42. The van der Waals surface area contributed by atoms with Gasteiger partial charge >= 0.3 is 0 Å². The van der Waals surface area contributed by atoms with Crippen LogP contribution < -0.4 is 0 Å². The molecule has 1 heterocycles. The third kappa shape index (κ3) is 3.20. The van der Waals surface area contributed by atoms with E-state index in [9.17, 15) is 0 Å². The molecule has 1 aliphatic heterocycles. The molecule has 0 bridgehead atoms. The zero-order valence-electron chi connectivity index (χ0n) is 9.76. The van der Waals surface area contributed by atoms with Crippen LogP contribution in [-0.2, 0) is 0 Å². The van der Waals surface area contributed by atoms with Crippen LogP contribution >= 0.6 is 15.9 Å². The third-order valence-electron chi connectivity index (χ3n) is 4.14. The van der Waals surface area contributed by atoms with Crippen molar-refractivity contribution < 1.29 is 0 Å². The molecule has 1 aliphatic carbocycles. The average molecular weight is 274 g/mol. The Bertz CT molecular complexity index is 177. The lowest BCUT2D eigenvalue weighted by atomic mass is 9.93. The van der Waals surface area contributed by atoms with Crippen LogP contribution in [-0.4, -0.2) is 28.9 Å². The standard InChI is InChI=1S/C13H24BrN/c14-10-4-8-13-9-5-11-15(13)12-6-2-1-3-7-12/h12-13H,1-11H2. The Kier molecular flexibility index (Phi) is 4.96. The van der Waals surface area contributed by atoms with Crippen LogP contribution in [0.15, 0.2) is 0 Å². The third-order valence-corrected chi connectivity index (χ3v) is 4.70. The van der Waals surface area contributed by atoms with Gasteiger partial charge in [0.05, 0.1) is 0 Å². The van der Waals surface area contributed by atoms with Gasteiger partial charge in [-0.15, -0.1) is 0 Å². The molecule has 1 saturated carbocycles. The Balaban J connectivity index is 1.82. The van der Waals surface area contributed by atoms with Crippen LogP contribution in [0.5, 0.6) is 0 Å². The SMILES string of the molecule is BrCCCC1CCCN1C1CCCCC1. The van der Waals surface area contributed by atoms with Gasteiger partial charge in [-0.2, -0.15) is 0 Å². The van der Waals surface area contributed by atoms with Crippen molar-refractivity contribution >= 4 is 15.9 Å². The molecule has 0 aromatic rings. The molecule has 0 N–H and O–H groups in total. The fraction of sp³-hybridized carbons (Fsp3) is 1.00. The van der Waals surface area contributed by atoms with Crippen molar-refractivity contribution in [3.05, 3.63) is 0 Å². The van der Waals surface area contributed by atoms with E-state index in [1.54, 1.807) is 0 Å². The first-order valence-corrected chi connectivity index (χ1v) is 7.85. The summed E-state index contributed by atoms with van der Waals surface area (Å²) in [5, 5.41) is 1.18. The molecule has 2 rings (SSSR count). The van der Waals surface area contributed by atoms with E-state index in [0.717, 1.165) is 12.1 Å². The smallest absolute Gasteiger partial charge is 0.00989 e. The van der Waals surface area contributed by atoms with E-state index in [0.29, 0.717) is 0 Å². The molecule has 0 radical (unpaired) electrons. The van der Waals surface area contributed by atoms with Crippen LogP contribution in [0.3, 0.4) is 0 Å². The van der Waals surface area contributed by atoms with Gasteiger partial charge in [0, 0.05) is 17.4 Å². The average Bonchev–Trinajstić information content (AvgIpc) is 2.75. The molecular formula is C13H24BrN. The van der Waals surface area contributed by atoms with Gasteiger partial charge in [-0.3, -0.25) is 4.90 Å². The van der Waals surface area contributed by atoms with Gasteiger partial charge < -0.3 is 0 Å². The molecule has 2 fully saturated rings. The van der Waals surface area contributed by atoms with E-state index >= 15 is 0 Å². The van der Waals surface area contributed by atoms with Gasteiger partial charge in [-0.1, -0.05) is 35.2 Å². The van der Waals surface area contributed by atoms with Crippen LogP contribution in [0.25, 0.3) is 0 Å². The fourth-order valence-corrected chi connectivity index (χ4v) is 3.70. The lowest BCUT2D eigenvalue weighted by Gasteiger charge is -2.35. The molecular weight excluding hydrogens is 250 g/mol. The molecule has 1 nitrogen and oxygen atoms in total. The second-order valence-corrected chi connectivity index (χ2v) is 5.95. The maximum atomic E-state index is 3.55. The number of hydrogen-bond acceptors (Lipinski definition) is 1. The van der Waals surface area contributed by atoms with E-state index in [2.05, 4.69) is 20.8 Å². The second-order valence-electron chi connectivity index (χ2n) is 5.16. The largest absolute Gasteiger partial charge is 0.297 e. The van der Waals surface area contributed by atoms with Crippen LogP contribution in [0.1, 0.15) is 57.8 Å². The molecule has 0 aromatic carbocycles. The number of nitrogens with zero attached hydrogens (tertiary/aromatic N) is 1. The van der Waals surface area contributed by atoms with Crippen molar-refractivity contribution in [3.8, 4) is 0 Å². The van der Waals surface area contributed by atoms with E-state index in [-0.39, 0.29) is 0 Å². The minimum atomic E-state index is 0.922. The zero-order chi connectivity index (χ0) is 10.5. The highest BCUT2D eigenvalue weighted by Crippen LogP contribution is 2.30. The Labute approximate surface area is 103 Å². The van der Waals surface area contributed by atoms with Crippen molar-refractivity contribution in [2.75, 3.05) is 11.9 Å². The summed E-state index contributed by atoms with van der Waals surface area (Å²) in [4.78, 5) is 2.85. The van der Waals surface area contributed by atoms with Gasteiger partial charge in [0.1, 0.15) is 0 Å².